The van der Waals surface area contributed by atoms with Crippen LogP contribution in [0.25, 0.3) is 0 Å². The fraction of sp³-hybridized carbons (Fsp3) is 0.583. The van der Waals surface area contributed by atoms with Crippen molar-refractivity contribution >= 4 is 5.78 Å². The Hall–Kier alpha value is -1.89. The zero-order valence-electron chi connectivity index (χ0n) is 11.8. The van der Waals surface area contributed by atoms with E-state index < -0.39 is 60.3 Å². The summed E-state index contributed by atoms with van der Waals surface area (Å²) in [6.07, 6.45) is -4.15. The molecule has 0 aromatic carbocycles. The number of aliphatic hydroxyl groups is 4. The van der Waals surface area contributed by atoms with Gasteiger partial charge < -0.3 is 30.9 Å². The summed E-state index contributed by atoms with van der Waals surface area (Å²) in [6, 6.07) is -0.636. The van der Waals surface area contributed by atoms with E-state index in [-0.39, 0.29) is 0 Å². The van der Waals surface area contributed by atoms with Crippen molar-refractivity contribution in [3.05, 3.63) is 33.1 Å². The smallest absolute Gasteiger partial charge is 0.331 e. The highest BCUT2D eigenvalue weighted by atomic mass is 16.6. The molecule has 0 amide bonds. The van der Waals surface area contributed by atoms with E-state index in [1.807, 2.05) is 4.98 Å². The summed E-state index contributed by atoms with van der Waals surface area (Å²) in [5.41, 5.74) is 1.13. The molecule has 0 aliphatic carbocycles. The maximum atomic E-state index is 12.5. The average molecular weight is 331 g/mol. The fourth-order valence-electron chi connectivity index (χ4n) is 2.50. The number of hydrogen-bond donors (Lipinski definition) is 6. The molecule has 11 nitrogen and oxygen atoms in total. The van der Waals surface area contributed by atoms with Crippen molar-refractivity contribution in [3.8, 4) is 0 Å². The summed E-state index contributed by atoms with van der Waals surface area (Å²) in [5.74, 6) is -1.10. The van der Waals surface area contributed by atoms with Crippen molar-refractivity contribution in [3.63, 3.8) is 0 Å². The van der Waals surface area contributed by atoms with Crippen molar-refractivity contribution in [1.29, 1.82) is 0 Å². The van der Waals surface area contributed by atoms with Gasteiger partial charge in [-0.15, -0.1) is 0 Å². The molecular weight excluding hydrogens is 314 g/mol. The van der Waals surface area contributed by atoms with Crippen molar-refractivity contribution < 1.29 is 30.0 Å². The van der Waals surface area contributed by atoms with E-state index in [0.29, 0.717) is 4.57 Å². The number of nitrogens with two attached hydrogens (primary N) is 1. The summed E-state index contributed by atoms with van der Waals surface area (Å²) in [7, 11) is 0. The Labute approximate surface area is 128 Å². The molecule has 7 N–H and O–H groups in total. The molecule has 23 heavy (non-hydrogen) atoms. The Morgan fingerprint density at radius 1 is 1.43 bits per heavy atom. The number of Topliss-reactive ketones (excluding diaryl/α,β-unsaturated/α-hetero) is 1. The van der Waals surface area contributed by atoms with Gasteiger partial charge in [0.25, 0.3) is 5.56 Å². The number of hydrogen-bond acceptors (Lipinski definition) is 9. The second-order valence-corrected chi connectivity index (χ2v) is 5.10. The molecule has 128 valence electrons. The van der Waals surface area contributed by atoms with E-state index in [1.165, 1.54) is 0 Å². The largest absolute Gasteiger partial charge is 0.394 e. The first kappa shape index (κ1) is 17.5. The summed E-state index contributed by atoms with van der Waals surface area (Å²) < 4.78 is 5.83. The Morgan fingerprint density at radius 3 is 2.57 bits per heavy atom. The van der Waals surface area contributed by atoms with Gasteiger partial charge >= 0.3 is 5.69 Å². The van der Waals surface area contributed by atoms with Gasteiger partial charge in [-0.2, -0.15) is 0 Å². The van der Waals surface area contributed by atoms with Crippen molar-refractivity contribution in [1.82, 2.24) is 9.55 Å². The Balaban J connectivity index is 2.69. The van der Waals surface area contributed by atoms with Crippen LogP contribution in [0.2, 0.25) is 0 Å². The van der Waals surface area contributed by atoms with E-state index in [1.54, 1.807) is 0 Å². The van der Waals surface area contributed by atoms with Gasteiger partial charge in [0.15, 0.2) is 0 Å². The summed E-state index contributed by atoms with van der Waals surface area (Å²) in [6.45, 7) is -1.56. The zero-order valence-corrected chi connectivity index (χ0v) is 11.8. The monoisotopic (exact) mass is 331 g/mol. The summed E-state index contributed by atoms with van der Waals surface area (Å²) in [5, 5.41) is 38.5. The van der Waals surface area contributed by atoms with Gasteiger partial charge in [-0.3, -0.25) is 19.1 Å². The first-order chi connectivity index (χ1) is 10.8. The van der Waals surface area contributed by atoms with Crippen LogP contribution in [-0.2, 0) is 15.3 Å². The normalized spacial score (nSPS) is 32.0. The van der Waals surface area contributed by atoms with Crippen LogP contribution in [0.15, 0.2) is 21.9 Å². The second-order valence-electron chi connectivity index (χ2n) is 5.10. The maximum absolute atomic E-state index is 12.5. The average Bonchev–Trinajstić information content (AvgIpc) is 2.79. The van der Waals surface area contributed by atoms with Crippen LogP contribution in [-0.4, -0.2) is 73.3 Å². The Kier molecular flexibility index (Phi) is 4.79. The maximum Gasteiger partial charge on any atom is 0.331 e. The number of aliphatic hydroxyl groups excluding tert-OH is 4. The van der Waals surface area contributed by atoms with Gasteiger partial charge in [-0.25, -0.2) is 4.79 Å². The van der Waals surface area contributed by atoms with Crippen LogP contribution in [0, 0.1) is 0 Å². The molecule has 0 bridgehead atoms. The van der Waals surface area contributed by atoms with Gasteiger partial charge in [0, 0.05) is 12.3 Å². The molecule has 1 saturated heterocycles. The van der Waals surface area contributed by atoms with Gasteiger partial charge in [0.05, 0.1) is 19.3 Å². The van der Waals surface area contributed by atoms with Gasteiger partial charge in [0.2, 0.25) is 11.5 Å². The highest BCUT2D eigenvalue weighted by Crippen LogP contribution is 2.36. The van der Waals surface area contributed by atoms with Crippen LogP contribution in [0.5, 0.6) is 0 Å². The number of aromatic amines is 1. The lowest BCUT2D eigenvalue weighted by atomic mass is 9.94. The lowest BCUT2D eigenvalue weighted by Gasteiger charge is -2.33. The zero-order chi connectivity index (χ0) is 17.4. The molecule has 1 aliphatic rings. The molecule has 11 heteroatoms. The lowest BCUT2D eigenvalue weighted by molar-refractivity contribution is -0.178. The third-order valence-electron chi connectivity index (χ3n) is 3.68. The molecule has 1 aliphatic heterocycles. The van der Waals surface area contributed by atoms with Gasteiger partial charge in [-0.05, 0) is 0 Å². The van der Waals surface area contributed by atoms with Crippen LogP contribution >= 0.6 is 0 Å². The minimum atomic E-state index is -2.49. The summed E-state index contributed by atoms with van der Waals surface area (Å²) in [4.78, 5) is 37.6. The van der Waals surface area contributed by atoms with Crippen LogP contribution in [0.4, 0.5) is 0 Å². The standard InChI is InChI=1S/C12H17N3O8/c13-5(3-16)9(20)12(10(21)8(19)6(4-17)23-12)15-2-1-7(18)14-11(15)22/h1-2,5-6,8,10,16-17,19,21H,3-4,13H2,(H,14,18,22)/t5-,6+,8+,10+,12+/m0/s1. The predicted molar refractivity (Wildman–Crippen MR) is 73.3 cm³/mol. The van der Waals surface area contributed by atoms with E-state index in [9.17, 15) is 29.7 Å². The van der Waals surface area contributed by atoms with Gasteiger partial charge in [-0.1, -0.05) is 0 Å². The second kappa shape index (κ2) is 6.31. The predicted octanol–water partition coefficient (Wildman–Crippen LogP) is -4.81. The molecule has 0 spiro atoms. The highest BCUT2D eigenvalue weighted by Gasteiger charge is 2.61. The van der Waals surface area contributed by atoms with Crippen LogP contribution in [0.1, 0.15) is 0 Å². The summed E-state index contributed by atoms with van der Waals surface area (Å²) >= 11 is 0. The van der Waals surface area contributed by atoms with E-state index in [2.05, 4.69) is 0 Å². The lowest BCUT2D eigenvalue weighted by Crippen LogP contribution is -2.61. The number of nitrogens with zero attached hydrogens (tertiary/aromatic N) is 1. The molecule has 1 fully saturated rings. The van der Waals surface area contributed by atoms with Gasteiger partial charge in [0.1, 0.15) is 18.3 Å². The number of H-pyrrole nitrogens is 1. The third kappa shape index (κ3) is 2.63. The molecule has 2 heterocycles. The molecule has 2 rings (SSSR count). The minimum absolute atomic E-state index is 0.565. The Bertz CT molecular complexity index is 700. The fourth-order valence-corrected chi connectivity index (χ4v) is 2.50. The van der Waals surface area contributed by atoms with Crippen molar-refractivity contribution in [2.75, 3.05) is 13.2 Å². The quantitative estimate of drug-likeness (QED) is 0.307. The van der Waals surface area contributed by atoms with Crippen LogP contribution < -0.4 is 17.0 Å². The van der Waals surface area contributed by atoms with E-state index in [4.69, 9.17) is 15.6 Å². The molecule has 1 aromatic rings. The molecule has 0 saturated carbocycles. The number of aromatic nitrogens is 2. The first-order valence-electron chi connectivity index (χ1n) is 6.67. The van der Waals surface area contributed by atoms with E-state index >= 15 is 0 Å². The van der Waals surface area contributed by atoms with Crippen molar-refractivity contribution in [2.24, 2.45) is 5.73 Å². The van der Waals surface area contributed by atoms with E-state index in [0.717, 1.165) is 12.3 Å². The number of carbonyl (C=O) groups excluding carboxylic acids is 1. The SMILES string of the molecule is N[C@@H](CO)C(=O)[C@@]1(n2ccc(=O)[nH]c2=O)O[C@H](CO)[C@@H](O)[C@H]1O. The van der Waals surface area contributed by atoms with Crippen molar-refractivity contribution in [2.45, 2.75) is 30.1 Å². The number of ketones is 1. The number of rotatable bonds is 5. The Morgan fingerprint density at radius 2 is 2.09 bits per heavy atom. The molecule has 1 aromatic heterocycles. The molecule has 0 unspecified atom stereocenters. The number of carbonyl (C=O) groups is 1. The number of ether oxygens (including phenoxy) is 1. The molecule has 0 radical (unpaired) electrons. The van der Waals surface area contributed by atoms with Crippen LogP contribution in [0.3, 0.4) is 0 Å². The topological polar surface area (TPSA) is 188 Å². The minimum Gasteiger partial charge on any atom is -0.394 e. The molecular formula is C12H17N3O8. The molecule has 5 atom stereocenters. The highest BCUT2D eigenvalue weighted by molar-refractivity contribution is 5.91. The first-order valence-corrected chi connectivity index (χ1v) is 6.67. The number of nitrogens with one attached hydrogen (secondary N) is 1. The third-order valence-corrected chi connectivity index (χ3v) is 3.68.